The smallest absolute Gasteiger partial charge is 0.211 e. The molecule has 6 rings (SSSR count). The molecular formula is C32H38ClN5O4S. The predicted octanol–water partition coefficient (Wildman–Crippen LogP) is 2.65. The molecule has 3 aromatic rings. The molecular weight excluding hydrogens is 586 g/mol. The van der Waals surface area contributed by atoms with Gasteiger partial charge in [0.05, 0.1) is 36.8 Å². The van der Waals surface area contributed by atoms with Crippen LogP contribution in [0.3, 0.4) is 0 Å². The highest BCUT2D eigenvalue weighted by Crippen LogP contribution is 2.33. The van der Waals surface area contributed by atoms with Gasteiger partial charge in [-0.2, -0.15) is 9.40 Å². The number of aliphatic hydroxyl groups excluding tert-OH is 1. The molecule has 3 aliphatic rings. The van der Waals surface area contributed by atoms with Crippen molar-refractivity contribution >= 4 is 21.6 Å². The van der Waals surface area contributed by atoms with Crippen molar-refractivity contribution in [1.29, 1.82) is 0 Å². The van der Waals surface area contributed by atoms with E-state index in [1.165, 1.54) is 21.7 Å². The quantitative estimate of drug-likeness (QED) is 0.391. The first-order valence-electron chi connectivity index (χ1n) is 14.9. The van der Waals surface area contributed by atoms with Gasteiger partial charge in [0.2, 0.25) is 10.0 Å². The number of nitrogens with zero attached hydrogens (tertiary/aromatic N) is 4. The second kappa shape index (κ2) is 13.1. The Morgan fingerprint density at radius 1 is 1.09 bits per heavy atom. The van der Waals surface area contributed by atoms with Crippen LogP contribution < -0.4 is 5.32 Å². The summed E-state index contributed by atoms with van der Waals surface area (Å²) in [6.45, 7) is 6.79. The Bertz CT molecular complexity index is 1660. The van der Waals surface area contributed by atoms with Crippen molar-refractivity contribution in [2.75, 3.05) is 52.3 Å². The summed E-state index contributed by atoms with van der Waals surface area (Å²) in [6.07, 6.45) is 3.65. The van der Waals surface area contributed by atoms with Crippen LogP contribution in [0.1, 0.15) is 39.9 Å². The predicted molar refractivity (Wildman–Crippen MR) is 167 cm³/mol. The van der Waals surface area contributed by atoms with Crippen molar-refractivity contribution in [3.05, 3.63) is 74.9 Å². The van der Waals surface area contributed by atoms with Gasteiger partial charge in [-0.15, -0.1) is 0 Å². The van der Waals surface area contributed by atoms with E-state index in [1.807, 2.05) is 24.3 Å². The Kier molecular flexibility index (Phi) is 9.21. The molecule has 228 valence electrons. The first kappa shape index (κ1) is 30.3. The van der Waals surface area contributed by atoms with Gasteiger partial charge in [0.1, 0.15) is 0 Å². The van der Waals surface area contributed by atoms with E-state index in [2.05, 4.69) is 38.9 Å². The van der Waals surface area contributed by atoms with E-state index in [9.17, 15) is 13.5 Å². The summed E-state index contributed by atoms with van der Waals surface area (Å²) in [5.41, 5.74) is 7.73. The number of rotatable bonds is 7. The molecule has 0 amide bonds. The van der Waals surface area contributed by atoms with E-state index in [0.29, 0.717) is 36.6 Å². The summed E-state index contributed by atoms with van der Waals surface area (Å²) in [5.74, 6) is 6.53. The minimum atomic E-state index is -3.34. The van der Waals surface area contributed by atoms with Crippen molar-refractivity contribution in [2.45, 2.75) is 44.9 Å². The summed E-state index contributed by atoms with van der Waals surface area (Å²) >= 11 is 6.61. The van der Waals surface area contributed by atoms with Gasteiger partial charge in [-0.25, -0.2) is 8.42 Å². The van der Waals surface area contributed by atoms with Gasteiger partial charge in [-0.05, 0) is 48.2 Å². The standard InChI is InChI=1S/C32H38ClN5O4S/c1-43(40,41)37-12-9-31-29(21-37)32(35-38(31)11-2-10-36-13-15-42-16-14-36)26-7-8-30(33)25(18-26)6-4-23-3-5-24-19-28(22-39)34-20-27(24)17-23/h3,5,7-8,17-18,28,34,39H,2,9-16,19-22H2,1H3. The monoisotopic (exact) mass is 623 g/mol. The summed E-state index contributed by atoms with van der Waals surface area (Å²) in [5, 5.41) is 18.4. The third-order valence-corrected chi connectivity index (χ3v) is 10.2. The average molecular weight is 624 g/mol. The highest BCUT2D eigenvalue weighted by molar-refractivity contribution is 7.88. The van der Waals surface area contributed by atoms with Gasteiger partial charge in [-0.1, -0.05) is 35.6 Å². The lowest BCUT2D eigenvalue weighted by molar-refractivity contribution is 0.0368. The highest BCUT2D eigenvalue weighted by atomic mass is 35.5. The van der Waals surface area contributed by atoms with Crippen LogP contribution in [0.15, 0.2) is 36.4 Å². The van der Waals surface area contributed by atoms with Crippen molar-refractivity contribution in [3.63, 3.8) is 0 Å². The van der Waals surface area contributed by atoms with Crippen molar-refractivity contribution in [1.82, 2.24) is 24.3 Å². The molecule has 11 heteroatoms. The number of sulfonamides is 1. The second-order valence-electron chi connectivity index (χ2n) is 11.5. The lowest BCUT2D eigenvalue weighted by Crippen LogP contribution is -2.38. The molecule has 0 radical (unpaired) electrons. The van der Waals surface area contributed by atoms with Gasteiger partial charge >= 0.3 is 0 Å². The fourth-order valence-corrected chi connectivity index (χ4v) is 7.08. The number of aryl methyl sites for hydroxylation is 1. The van der Waals surface area contributed by atoms with Crippen molar-refractivity contribution < 1.29 is 18.3 Å². The largest absolute Gasteiger partial charge is 0.395 e. The molecule has 0 spiro atoms. The minimum Gasteiger partial charge on any atom is -0.395 e. The van der Waals surface area contributed by atoms with Gasteiger partial charge in [0.25, 0.3) is 0 Å². The Morgan fingerprint density at radius 2 is 1.93 bits per heavy atom. The van der Waals surface area contributed by atoms with Crippen LogP contribution in [0.5, 0.6) is 0 Å². The lowest BCUT2D eigenvalue weighted by atomic mass is 9.94. The summed E-state index contributed by atoms with van der Waals surface area (Å²) in [4.78, 5) is 2.42. The zero-order valence-electron chi connectivity index (χ0n) is 24.5. The van der Waals surface area contributed by atoms with Crippen LogP contribution in [0.2, 0.25) is 5.02 Å². The molecule has 0 bridgehead atoms. The fraction of sp³-hybridized carbons (Fsp3) is 0.469. The normalized spacial score (nSPS) is 19.4. The van der Waals surface area contributed by atoms with E-state index in [1.54, 1.807) is 0 Å². The van der Waals surface area contributed by atoms with E-state index in [-0.39, 0.29) is 12.6 Å². The van der Waals surface area contributed by atoms with Crippen LogP contribution in [-0.4, -0.2) is 90.8 Å². The van der Waals surface area contributed by atoms with Crippen molar-refractivity contribution in [3.8, 4) is 23.1 Å². The van der Waals surface area contributed by atoms with Crippen LogP contribution in [0.4, 0.5) is 0 Å². The zero-order chi connectivity index (χ0) is 30.0. The number of morpholine rings is 1. The van der Waals surface area contributed by atoms with E-state index < -0.39 is 10.0 Å². The number of halogens is 1. The molecule has 43 heavy (non-hydrogen) atoms. The molecule has 2 aromatic carbocycles. The number of aromatic nitrogens is 2. The SMILES string of the molecule is CS(=O)(=O)N1CCc2c(c(-c3ccc(Cl)c(C#Cc4ccc5c(c4)CNC(CO)C5)c3)nn2CCCN2CCOCC2)C1. The number of hydrogen-bond acceptors (Lipinski definition) is 7. The second-order valence-corrected chi connectivity index (χ2v) is 13.9. The van der Waals surface area contributed by atoms with Gasteiger partial charge in [-0.3, -0.25) is 9.58 Å². The van der Waals surface area contributed by atoms with E-state index in [0.717, 1.165) is 80.3 Å². The highest BCUT2D eigenvalue weighted by Gasteiger charge is 2.30. The Hall–Kier alpha value is -2.75. The number of aliphatic hydroxyl groups is 1. The molecule has 2 N–H and O–H groups in total. The van der Waals surface area contributed by atoms with Crippen LogP contribution in [0.25, 0.3) is 11.3 Å². The Morgan fingerprint density at radius 3 is 2.72 bits per heavy atom. The third-order valence-electron chi connectivity index (χ3n) is 8.57. The maximum Gasteiger partial charge on any atom is 0.211 e. The number of nitrogens with one attached hydrogen (secondary N) is 1. The molecule has 1 aromatic heterocycles. The summed E-state index contributed by atoms with van der Waals surface area (Å²) < 4.78 is 34.0. The topological polar surface area (TPSA) is 99.9 Å². The molecule has 1 unspecified atom stereocenters. The molecule has 4 heterocycles. The first-order chi connectivity index (χ1) is 20.8. The maximum atomic E-state index is 12.5. The minimum absolute atomic E-state index is 0.0921. The maximum absolute atomic E-state index is 12.5. The third kappa shape index (κ3) is 6.99. The number of fused-ring (bicyclic) bond motifs is 2. The number of ether oxygens (including phenoxy) is 1. The molecule has 0 saturated carbocycles. The first-order valence-corrected chi connectivity index (χ1v) is 17.1. The lowest BCUT2D eigenvalue weighted by Gasteiger charge is -2.27. The number of benzene rings is 2. The molecule has 1 fully saturated rings. The number of hydrogen-bond donors (Lipinski definition) is 2. The van der Waals surface area contributed by atoms with E-state index >= 15 is 0 Å². The van der Waals surface area contributed by atoms with Gasteiger partial charge in [0, 0.05) is 86.2 Å². The molecule has 3 aliphatic heterocycles. The van der Waals surface area contributed by atoms with Crippen LogP contribution >= 0.6 is 11.6 Å². The van der Waals surface area contributed by atoms with Gasteiger partial charge < -0.3 is 15.2 Å². The van der Waals surface area contributed by atoms with Crippen LogP contribution in [0, 0.1) is 11.8 Å². The molecule has 9 nitrogen and oxygen atoms in total. The summed E-state index contributed by atoms with van der Waals surface area (Å²) in [6, 6.07) is 12.0. The van der Waals surface area contributed by atoms with Crippen LogP contribution in [-0.2, 0) is 47.2 Å². The molecule has 1 atom stereocenters. The van der Waals surface area contributed by atoms with E-state index in [4.69, 9.17) is 21.4 Å². The zero-order valence-corrected chi connectivity index (χ0v) is 26.1. The summed E-state index contributed by atoms with van der Waals surface area (Å²) in [7, 11) is -3.34. The van der Waals surface area contributed by atoms with Crippen molar-refractivity contribution in [2.24, 2.45) is 0 Å². The Balaban J connectivity index is 1.28. The molecule has 0 aliphatic carbocycles. The average Bonchev–Trinajstić information content (AvgIpc) is 3.38. The fourth-order valence-electron chi connectivity index (χ4n) is 6.13. The Labute approximate surface area is 258 Å². The van der Waals surface area contributed by atoms with Gasteiger partial charge in [0.15, 0.2) is 0 Å². The molecule has 1 saturated heterocycles.